The smallest absolute Gasteiger partial charge is 0.223 e. The van der Waals surface area contributed by atoms with Crippen molar-refractivity contribution in [2.24, 2.45) is 0 Å². The van der Waals surface area contributed by atoms with E-state index < -0.39 is 0 Å². The van der Waals surface area contributed by atoms with Gasteiger partial charge in [-0.3, -0.25) is 19.4 Å². The second kappa shape index (κ2) is 9.25. The lowest BCUT2D eigenvalue weighted by Gasteiger charge is -2.32. The van der Waals surface area contributed by atoms with Gasteiger partial charge in [-0.15, -0.1) is 11.3 Å². The van der Waals surface area contributed by atoms with Crippen molar-refractivity contribution in [3.63, 3.8) is 0 Å². The van der Waals surface area contributed by atoms with Gasteiger partial charge in [-0.2, -0.15) is 5.10 Å². The molecule has 1 aliphatic carbocycles. The predicted octanol–water partition coefficient (Wildman–Crippen LogP) is 4.73. The zero-order chi connectivity index (χ0) is 23.9. The fraction of sp³-hybridized carbons (Fsp3) is 0.400. The quantitative estimate of drug-likeness (QED) is 0.422. The number of likely N-dealkylation sites (tertiary alicyclic amines) is 1. The number of aryl methyl sites for hydroxylation is 2. The number of amides is 1. The fourth-order valence-electron chi connectivity index (χ4n) is 5.05. The third-order valence-corrected chi connectivity index (χ3v) is 8.53. The molecule has 8 nitrogen and oxygen atoms in total. The second-order valence-electron chi connectivity index (χ2n) is 9.22. The van der Waals surface area contributed by atoms with Gasteiger partial charge in [0.1, 0.15) is 5.01 Å². The van der Waals surface area contributed by atoms with Crippen molar-refractivity contribution in [1.29, 1.82) is 0 Å². The molecule has 4 aromatic heterocycles. The lowest BCUT2D eigenvalue weighted by atomic mass is 9.95. The van der Waals surface area contributed by atoms with Crippen molar-refractivity contribution < 1.29 is 4.79 Å². The molecule has 1 N–H and O–H groups in total. The number of aromatic nitrogens is 5. The van der Waals surface area contributed by atoms with Gasteiger partial charge in [-0.25, -0.2) is 9.97 Å². The minimum absolute atomic E-state index is 0.0937. The zero-order valence-electron chi connectivity index (χ0n) is 19.8. The first-order valence-electron chi connectivity index (χ1n) is 12.0. The normalized spacial score (nSPS) is 16.2. The molecule has 1 fully saturated rings. The summed E-state index contributed by atoms with van der Waals surface area (Å²) in [5, 5.41) is 12.0. The minimum Gasteiger partial charge on any atom is -0.302 e. The van der Waals surface area contributed by atoms with Gasteiger partial charge in [0.05, 0.1) is 34.5 Å². The molecule has 0 aromatic carbocycles. The molecule has 35 heavy (non-hydrogen) atoms. The summed E-state index contributed by atoms with van der Waals surface area (Å²) in [5.41, 5.74) is 6.59. The lowest BCUT2D eigenvalue weighted by molar-refractivity contribution is -0.114. The summed E-state index contributed by atoms with van der Waals surface area (Å²) < 4.78 is 2.26. The average molecular weight is 506 g/mol. The molecule has 2 aliphatic rings. The Morgan fingerprint density at radius 2 is 2.06 bits per heavy atom. The number of nitrogens with zero attached hydrogens (tertiary/aromatic N) is 6. The summed E-state index contributed by atoms with van der Waals surface area (Å²) >= 11 is 3.28. The number of hydrogen-bond donors (Lipinski definition) is 1. The van der Waals surface area contributed by atoms with Gasteiger partial charge < -0.3 is 5.32 Å². The molecule has 1 saturated heterocycles. The number of nitrogens with one attached hydrogen (secondary N) is 1. The van der Waals surface area contributed by atoms with Crippen LogP contribution in [0.25, 0.3) is 21.8 Å². The molecule has 1 aliphatic heterocycles. The molecule has 0 bridgehead atoms. The van der Waals surface area contributed by atoms with E-state index in [1.807, 2.05) is 30.8 Å². The molecule has 4 aromatic rings. The summed E-state index contributed by atoms with van der Waals surface area (Å²) in [7, 11) is 0. The molecular weight excluding hydrogens is 478 g/mol. The molecule has 1 amide bonds. The van der Waals surface area contributed by atoms with Crippen LogP contribution in [0.1, 0.15) is 47.8 Å². The maximum absolute atomic E-state index is 11.7. The second-order valence-corrected chi connectivity index (χ2v) is 11.2. The van der Waals surface area contributed by atoms with Crippen molar-refractivity contribution in [3.05, 3.63) is 51.9 Å². The molecule has 10 heteroatoms. The number of rotatable bonds is 5. The largest absolute Gasteiger partial charge is 0.302 e. The number of carbonyl (C=O) groups excluding carboxylic acids is 1. The van der Waals surface area contributed by atoms with Crippen molar-refractivity contribution in [2.45, 2.75) is 52.1 Å². The number of fused-ring (bicyclic) bond motifs is 3. The highest BCUT2D eigenvalue weighted by Gasteiger charge is 2.33. The first kappa shape index (κ1) is 22.5. The molecule has 180 valence electrons. The van der Waals surface area contributed by atoms with E-state index in [9.17, 15) is 4.79 Å². The molecule has 0 saturated carbocycles. The van der Waals surface area contributed by atoms with Gasteiger partial charge >= 0.3 is 0 Å². The maximum Gasteiger partial charge on any atom is 0.223 e. The van der Waals surface area contributed by atoms with Gasteiger partial charge in [-0.1, -0.05) is 11.3 Å². The highest BCUT2D eigenvalue weighted by Crippen LogP contribution is 2.45. The Labute approximate surface area is 212 Å². The molecule has 0 spiro atoms. The monoisotopic (exact) mass is 505 g/mol. The fourth-order valence-corrected chi connectivity index (χ4v) is 6.83. The van der Waals surface area contributed by atoms with Crippen LogP contribution in [0.5, 0.6) is 0 Å². The van der Waals surface area contributed by atoms with E-state index in [4.69, 9.17) is 10.1 Å². The molecule has 0 unspecified atom stereocenters. The van der Waals surface area contributed by atoms with E-state index >= 15 is 0 Å². The van der Waals surface area contributed by atoms with Crippen LogP contribution in [0, 0.1) is 6.92 Å². The van der Waals surface area contributed by atoms with Gasteiger partial charge in [0.2, 0.25) is 5.91 Å². The van der Waals surface area contributed by atoms with Crippen LogP contribution in [0.3, 0.4) is 0 Å². The van der Waals surface area contributed by atoms with E-state index in [2.05, 4.69) is 30.9 Å². The van der Waals surface area contributed by atoms with Crippen LogP contribution < -0.4 is 5.32 Å². The van der Waals surface area contributed by atoms with Crippen LogP contribution in [0.2, 0.25) is 0 Å². The van der Waals surface area contributed by atoms with Gasteiger partial charge in [-0.05, 0) is 44.7 Å². The first-order valence-corrected chi connectivity index (χ1v) is 13.7. The highest BCUT2D eigenvalue weighted by molar-refractivity contribution is 7.19. The summed E-state index contributed by atoms with van der Waals surface area (Å²) in [5.74, 6) is -0.0937. The Bertz CT molecular complexity index is 1350. The van der Waals surface area contributed by atoms with Crippen molar-refractivity contribution >= 4 is 33.7 Å². The Balaban J connectivity index is 1.36. The molecular formula is C25H27N7OS2. The molecule has 0 radical (unpaired) electrons. The average Bonchev–Trinajstić information content (AvgIpc) is 3.58. The van der Waals surface area contributed by atoms with Gasteiger partial charge in [0, 0.05) is 54.6 Å². The Kier molecular flexibility index (Phi) is 5.95. The van der Waals surface area contributed by atoms with Crippen LogP contribution in [-0.4, -0.2) is 48.6 Å². The van der Waals surface area contributed by atoms with Crippen molar-refractivity contribution in [2.75, 3.05) is 18.4 Å². The SMILES string of the molecule is CC(=O)Nc1nc2c(s1)-c1c(c(-c3ccc(C)nc3)nn1C1CCN(Cc3nccs3)CC1)CC2. The number of thiazole rings is 2. The predicted molar refractivity (Wildman–Crippen MR) is 139 cm³/mol. The Morgan fingerprint density at radius 1 is 1.20 bits per heavy atom. The lowest BCUT2D eigenvalue weighted by Crippen LogP contribution is -2.34. The van der Waals surface area contributed by atoms with Gasteiger partial charge in [0.25, 0.3) is 0 Å². The highest BCUT2D eigenvalue weighted by atomic mass is 32.1. The maximum atomic E-state index is 11.7. The van der Waals surface area contributed by atoms with Crippen LogP contribution in [-0.2, 0) is 24.2 Å². The van der Waals surface area contributed by atoms with Crippen LogP contribution in [0.4, 0.5) is 5.13 Å². The van der Waals surface area contributed by atoms with Crippen molar-refractivity contribution in [3.8, 4) is 21.8 Å². The Morgan fingerprint density at radius 3 is 2.77 bits per heavy atom. The van der Waals surface area contributed by atoms with E-state index in [0.29, 0.717) is 11.2 Å². The zero-order valence-corrected chi connectivity index (χ0v) is 21.5. The summed E-state index contributed by atoms with van der Waals surface area (Å²) in [4.78, 5) is 29.0. The molecule has 5 heterocycles. The third kappa shape index (κ3) is 4.41. The number of piperidine rings is 1. The minimum atomic E-state index is -0.0937. The topological polar surface area (TPSA) is 88.8 Å². The van der Waals surface area contributed by atoms with E-state index in [1.54, 1.807) is 22.7 Å². The van der Waals surface area contributed by atoms with Crippen LogP contribution >= 0.6 is 22.7 Å². The standard InChI is InChI=1S/C25H27N7OS2/c1-15-3-4-17(13-27-15)22-19-5-6-20-24(35-25(29-20)28-16(2)33)23(19)32(30-22)18-7-10-31(11-8-18)14-21-26-9-12-34-21/h3-4,9,12-13,18H,5-8,10-11,14H2,1-2H3,(H,28,29,33). The summed E-state index contributed by atoms with van der Waals surface area (Å²) in [6, 6.07) is 4.49. The van der Waals surface area contributed by atoms with Crippen molar-refractivity contribution in [1.82, 2.24) is 29.6 Å². The van der Waals surface area contributed by atoms with E-state index in [1.165, 1.54) is 23.2 Å². The van der Waals surface area contributed by atoms with Gasteiger partial charge in [0.15, 0.2) is 5.13 Å². The number of pyridine rings is 1. The third-order valence-electron chi connectivity index (χ3n) is 6.75. The number of anilines is 1. The number of hydrogen-bond acceptors (Lipinski definition) is 8. The Hall–Kier alpha value is -2.95. The van der Waals surface area contributed by atoms with E-state index in [0.717, 1.165) is 72.8 Å². The van der Waals surface area contributed by atoms with E-state index in [-0.39, 0.29) is 5.91 Å². The molecule has 0 atom stereocenters. The van der Waals surface area contributed by atoms with Crippen LogP contribution in [0.15, 0.2) is 29.9 Å². The first-order chi connectivity index (χ1) is 17.0. The summed E-state index contributed by atoms with van der Waals surface area (Å²) in [6.45, 7) is 6.49. The number of carbonyl (C=O) groups is 1. The summed E-state index contributed by atoms with van der Waals surface area (Å²) in [6.07, 6.45) is 7.63. The molecule has 6 rings (SSSR count).